The summed E-state index contributed by atoms with van der Waals surface area (Å²) >= 11 is 0. The maximum Gasteiger partial charge on any atom is 0.417 e. The first kappa shape index (κ1) is 26.6. The first-order valence-electron chi connectivity index (χ1n) is 13.3. The van der Waals surface area contributed by atoms with Gasteiger partial charge in [0.25, 0.3) is 0 Å². The fraction of sp³-hybridized carbons (Fsp3) is 0.176. The monoisotopic (exact) mass is 553 g/mol. The van der Waals surface area contributed by atoms with Crippen molar-refractivity contribution in [2.24, 2.45) is 0 Å². The van der Waals surface area contributed by atoms with E-state index in [1.807, 2.05) is 61.5 Å². The number of nitrogens with zero attached hydrogens (tertiary/aromatic N) is 1. The minimum absolute atomic E-state index is 0.142. The molecule has 1 N–H and O–H groups in total. The van der Waals surface area contributed by atoms with Crippen molar-refractivity contribution >= 4 is 5.97 Å². The number of aromatic nitrogens is 1. The number of hydrogen-bond acceptors (Lipinski definition) is 3. The molecule has 1 aliphatic carbocycles. The third kappa shape index (κ3) is 5.04. The first-order chi connectivity index (χ1) is 19.7. The second-order valence-electron chi connectivity index (χ2n) is 10.5. The predicted octanol–water partition coefficient (Wildman–Crippen LogP) is 8.71. The zero-order valence-electron chi connectivity index (χ0n) is 22.2. The van der Waals surface area contributed by atoms with Gasteiger partial charge in [0.05, 0.1) is 16.7 Å². The lowest BCUT2D eigenvalue weighted by atomic mass is 9.93. The van der Waals surface area contributed by atoms with Crippen LogP contribution in [-0.2, 0) is 22.8 Å². The highest BCUT2D eigenvalue weighted by atomic mass is 19.4. The van der Waals surface area contributed by atoms with Crippen LogP contribution in [0.5, 0.6) is 0 Å². The highest BCUT2D eigenvalue weighted by Gasteiger charge is 2.51. The molecular weight excluding hydrogens is 527 g/mol. The Morgan fingerprint density at radius 1 is 0.854 bits per heavy atom. The van der Waals surface area contributed by atoms with E-state index in [0.717, 1.165) is 39.4 Å². The van der Waals surface area contributed by atoms with E-state index in [2.05, 4.69) is 5.16 Å². The maximum atomic E-state index is 13.6. The van der Waals surface area contributed by atoms with Gasteiger partial charge in [-0.3, -0.25) is 4.79 Å². The van der Waals surface area contributed by atoms with Crippen LogP contribution in [0.1, 0.15) is 40.8 Å². The Kier molecular flexibility index (Phi) is 6.53. The van der Waals surface area contributed by atoms with E-state index in [0.29, 0.717) is 36.3 Å². The third-order valence-electron chi connectivity index (χ3n) is 7.91. The van der Waals surface area contributed by atoms with E-state index in [9.17, 15) is 23.1 Å². The van der Waals surface area contributed by atoms with Gasteiger partial charge in [-0.2, -0.15) is 13.2 Å². The summed E-state index contributed by atoms with van der Waals surface area (Å²) in [6.45, 7) is 1.85. The lowest BCUT2D eigenvalue weighted by molar-refractivity contribution is -0.140. The summed E-state index contributed by atoms with van der Waals surface area (Å²) in [6, 6.07) is 28.2. The number of aryl methyl sites for hydroxylation is 1. The van der Waals surface area contributed by atoms with Gasteiger partial charge in [-0.1, -0.05) is 96.2 Å². The molecule has 4 nitrogen and oxygen atoms in total. The fourth-order valence-corrected chi connectivity index (χ4v) is 5.41. The van der Waals surface area contributed by atoms with Crippen LogP contribution in [-0.4, -0.2) is 16.2 Å². The van der Waals surface area contributed by atoms with Gasteiger partial charge >= 0.3 is 12.1 Å². The standard InChI is InChI=1S/C34H26F3NO3/c1-21-29(20-22-5-4-6-26(19-22)28-7-2-3-8-30(28)34(35,36)37)31(41-38-21)25-11-9-23(10-12-25)24-13-15-27(16-14-24)33(17-18-33)32(39)40/h2-16,19H,17-18,20H2,1H3,(H,39,40). The van der Waals surface area contributed by atoms with Crippen molar-refractivity contribution in [1.82, 2.24) is 5.16 Å². The summed E-state index contributed by atoms with van der Waals surface area (Å²) in [5.74, 6) is -0.159. The lowest BCUT2D eigenvalue weighted by Crippen LogP contribution is -2.19. The summed E-state index contributed by atoms with van der Waals surface area (Å²) in [7, 11) is 0. The molecule has 1 heterocycles. The van der Waals surface area contributed by atoms with E-state index < -0.39 is 23.1 Å². The summed E-state index contributed by atoms with van der Waals surface area (Å²) in [5.41, 5.74) is 5.30. The van der Waals surface area contributed by atoms with Crippen LogP contribution in [0.15, 0.2) is 102 Å². The van der Waals surface area contributed by atoms with Crippen molar-refractivity contribution in [2.75, 3.05) is 0 Å². The number of alkyl halides is 3. The van der Waals surface area contributed by atoms with Gasteiger partial charge in [0.2, 0.25) is 0 Å². The van der Waals surface area contributed by atoms with Gasteiger partial charge in [0.15, 0.2) is 5.76 Å². The molecule has 0 aliphatic heterocycles. The Morgan fingerprint density at radius 3 is 2.12 bits per heavy atom. The normalized spacial score (nSPS) is 14.1. The molecule has 1 aromatic heterocycles. The predicted molar refractivity (Wildman–Crippen MR) is 150 cm³/mol. The van der Waals surface area contributed by atoms with Crippen LogP contribution in [0.4, 0.5) is 13.2 Å². The maximum absolute atomic E-state index is 13.6. The van der Waals surface area contributed by atoms with Crippen LogP contribution in [0.2, 0.25) is 0 Å². The van der Waals surface area contributed by atoms with Gasteiger partial charge in [0.1, 0.15) is 0 Å². The van der Waals surface area contributed by atoms with E-state index in [4.69, 9.17) is 4.52 Å². The van der Waals surface area contributed by atoms with Crippen LogP contribution < -0.4 is 0 Å². The van der Waals surface area contributed by atoms with Crippen molar-refractivity contribution < 1.29 is 27.6 Å². The van der Waals surface area contributed by atoms with E-state index in [-0.39, 0.29) is 5.56 Å². The summed E-state index contributed by atoms with van der Waals surface area (Å²) < 4.78 is 46.6. The number of halogens is 3. The van der Waals surface area contributed by atoms with E-state index >= 15 is 0 Å². The average molecular weight is 554 g/mol. The molecule has 4 aromatic carbocycles. The Hall–Kier alpha value is -4.65. The number of benzene rings is 4. The molecule has 7 heteroatoms. The smallest absolute Gasteiger partial charge is 0.417 e. The fourth-order valence-electron chi connectivity index (χ4n) is 5.41. The van der Waals surface area contributed by atoms with E-state index in [1.165, 1.54) is 12.1 Å². The van der Waals surface area contributed by atoms with Crippen molar-refractivity contribution in [1.29, 1.82) is 0 Å². The molecule has 0 amide bonds. The number of hydrogen-bond donors (Lipinski definition) is 1. The summed E-state index contributed by atoms with van der Waals surface area (Å²) in [4.78, 5) is 11.6. The van der Waals surface area contributed by atoms with Crippen molar-refractivity contribution in [3.63, 3.8) is 0 Å². The number of aliphatic carboxylic acids is 1. The molecule has 41 heavy (non-hydrogen) atoms. The molecule has 1 fully saturated rings. The molecular formula is C34H26F3NO3. The van der Waals surface area contributed by atoms with Crippen LogP contribution in [0, 0.1) is 6.92 Å². The topological polar surface area (TPSA) is 63.3 Å². The van der Waals surface area contributed by atoms with Crippen molar-refractivity contribution in [3.05, 3.63) is 125 Å². The van der Waals surface area contributed by atoms with Gasteiger partial charge in [-0.15, -0.1) is 0 Å². The molecule has 1 aliphatic rings. The average Bonchev–Trinajstić information content (AvgIpc) is 3.72. The third-order valence-corrected chi connectivity index (χ3v) is 7.91. The molecule has 1 saturated carbocycles. The lowest BCUT2D eigenvalue weighted by Gasteiger charge is -2.13. The Bertz CT molecular complexity index is 1730. The molecule has 0 bridgehead atoms. The van der Waals surface area contributed by atoms with Crippen molar-refractivity contribution in [3.8, 4) is 33.6 Å². The number of carboxylic acids is 1. The molecule has 0 saturated heterocycles. The number of carboxylic acid groups (broad SMARTS) is 1. The van der Waals surface area contributed by atoms with Crippen LogP contribution >= 0.6 is 0 Å². The highest BCUT2D eigenvalue weighted by molar-refractivity contribution is 5.85. The van der Waals surface area contributed by atoms with E-state index in [1.54, 1.807) is 24.3 Å². The van der Waals surface area contributed by atoms with Crippen LogP contribution in [0.3, 0.4) is 0 Å². The second kappa shape index (κ2) is 10.1. The quantitative estimate of drug-likeness (QED) is 0.219. The van der Waals surface area contributed by atoms with Crippen molar-refractivity contribution in [2.45, 2.75) is 37.8 Å². The molecule has 6 rings (SSSR count). The van der Waals surface area contributed by atoms with Crippen LogP contribution in [0.25, 0.3) is 33.6 Å². The summed E-state index contributed by atoms with van der Waals surface area (Å²) in [5, 5.41) is 13.7. The van der Waals surface area contributed by atoms with Gasteiger partial charge < -0.3 is 9.63 Å². The molecule has 0 atom stereocenters. The zero-order chi connectivity index (χ0) is 28.8. The number of rotatable bonds is 7. The largest absolute Gasteiger partial charge is 0.481 e. The van der Waals surface area contributed by atoms with Gasteiger partial charge in [-0.25, -0.2) is 0 Å². The Morgan fingerprint density at radius 2 is 1.49 bits per heavy atom. The van der Waals surface area contributed by atoms with Gasteiger partial charge in [0, 0.05) is 17.5 Å². The zero-order valence-corrected chi connectivity index (χ0v) is 22.2. The SMILES string of the molecule is Cc1noc(-c2ccc(-c3ccc(C4(C(=O)O)CC4)cc3)cc2)c1Cc1cccc(-c2ccccc2C(F)(F)F)c1. The molecule has 0 unspecified atom stereocenters. The molecule has 0 spiro atoms. The number of carbonyl (C=O) groups is 1. The molecule has 206 valence electrons. The minimum atomic E-state index is -4.45. The summed E-state index contributed by atoms with van der Waals surface area (Å²) in [6.07, 6.45) is -2.67. The second-order valence-corrected chi connectivity index (χ2v) is 10.5. The Labute approximate surface area is 235 Å². The minimum Gasteiger partial charge on any atom is -0.481 e. The first-order valence-corrected chi connectivity index (χ1v) is 13.3. The molecule has 0 radical (unpaired) electrons. The molecule has 5 aromatic rings. The Balaban J connectivity index is 1.25. The van der Waals surface area contributed by atoms with Gasteiger partial charge in [-0.05, 0) is 59.2 Å². The highest BCUT2D eigenvalue weighted by Crippen LogP contribution is 2.48.